The lowest BCUT2D eigenvalue weighted by atomic mass is 10.0. The van der Waals surface area contributed by atoms with Gasteiger partial charge in [0.05, 0.1) is 6.04 Å². The zero-order valence-corrected chi connectivity index (χ0v) is 26.2. The Morgan fingerprint density at radius 2 is 1.24 bits per heavy atom. The van der Waals surface area contributed by atoms with Crippen LogP contribution in [0.4, 0.5) is 0 Å². The minimum atomic E-state index is -1.19. The fourth-order valence-electron chi connectivity index (χ4n) is 5.20. The zero-order valence-electron chi connectivity index (χ0n) is 25.4. The van der Waals surface area contributed by atoms with Crippen molar-refractivity contribution >= 4 is 63.2 Å². The number of thioether (sulfide) groups is 1. The number of nitrogens with two attached hydrogens (primary N) is 2. The smallest absolute Gasteiger partial charge is 0.326 e. The molecule has 2 heterocycles. The van der Waals surface area contributed by atoms with Crippen LogP contribution in [0.1, 0.15) is 30.4 Å². The molecule has 14 heteroatoms. The Balaban J connectivity index is 1.62. The van der Waals surface area contributed by atoms with Crippen LogP contribution in [-0.2, 0) is 36.8 Å². The Kier molecular flexibility index (Phi) is 11.8. The number of aromatic nitrogens is 2. The average Bonchev–Trinajstić information content (AvgIpc) is 3.64. The van der Waals surface area contributed by atoms with Crippen LogP contribution >= 0.6 is 11.8 Å². The van der Waals surface area contributed by atoms with Crippen LogP contribution < -0.4 is 27.4 Å². The molecule has 0 aliphatic heterocycles. The Bertz CT molecular complexity index is 1700. The summed E-state index contributed by atoms with van der Waals surface area (Å²) >= 11 is 1.45. The van der Waals surface area contributed by atoms with E-state index in [4.69, 9.17) is 11.5 Å². The predicted octanol–water partition coefficient (Wildman–Crippen LogP) is 1.32. The molecule has 4 aromatic rings. The van der Waals surface area contributed by atoms with Gasteiger partial charge in [0, 0.05) is 53.5 Å². The number of fused-ring (bicyclic) bond motifs is 2. The Morgan fingerprint density at radius 1 is 0.761 bits per heavy atom. The van der Waals surface area contributed by atoms with Crippen LogP contribution in [0, 0.1) is 0 Å². The van der Waals surface area contributed by atoms with E-state index in [0.717, 1.165) is 32.9 Å². The molecule has 0 radical (unpaired) electrons. The maximum absolute atomic E-state index is 14.0. The fourth-order valence-corrected chi connectivity index (χ4v) is 5.68. The van der Waals surface area contributed by atoms with Gasteiger partial charge >= 0.3 is 5.97 Å². The van der Waals surface area contributed by atoms with E-state index in [1.807, 2.05) is 54.8 Å². The third kappa shape index (κ3) is 8.88. The van der Waals surface area contributed by atoms with Crippen molar-refractivity contribution in [2.75, 3.05) is 12.0 Å². The molecule has 4 rings (SSSR count). The number of hydrogen-bond acceptors (Lipinski definition) is 7. The number of H-pyrrole nitrogens is 2. The van der Waals surface area contributed by atoms with Gasteiger partial charge in [0.25, 0.3) is 0 Å². The number of aromatic amines is 2. The summed E-state index contributed by atoms with van der Waals surface area (Å²) in [4.78, 5) is 70.2. The second-order valence-electron chi connectivity index (χ2n) is 11.0. The molecule has 46 heavy (non-hydrogen) atoms. The zero-order chi connectivity index (χ0) is 33.2. The van der Waals surface area contributed by atoms with Gasteiger partial charge in [-0.3, -0.25) is 19.2 Å². The van der Waals surface area contributed by atoms with Crippen molar-refractivity contribution in [3.8, 4) is 0 Å². The monoisotopic (exact) mass is 649 g/mol. The van der Waals surface area contributed by atoms with Crippen LogP contribution in [-0.4, -0.2) is 80.8 Å². The molecule has 0 aliphatic rings. The van der Waals surface area contributed by atoms with Gasteiger partial charge in [-0.25, -0.2) is 4.79 Å². The molecule has 2 aromatic heterocycles. The van der Waals surface area contributed by atoms with E-state index in [9.17, 15) is 29.1 Å². The molecular weight excluding hydrogens is 610 g/mol. The summed E-state index contributed by atoms with van der Waals surface area (Å²) in [5.41, 5.74) is 14.4. The van der Waals surface area contributed by atoms with Crippen molar-refractivity contribution in [1.29, 1.82) is 0 Å². The number of hydrogen-bond donors (Lipinski definition) is 8. The average molecular weight is 650 g/mol. The molecule has 244 valence electrons. The molecular formula is C32H39N7O6S. The fraction of sp³-hybridized carbons (Fsp3) is 0.344. The maximum atomic E-state index is 14.0. The molecule has 4 unspecified atom stereocenters. The third-order valence-corrected chi connectivity index (χ3v) is 8.37. The standard InChI is InChI=1S/C32H39N7O6S/c1-46-13-12-25(32(44)45)37-30(42)27(15-19-17-36-24-9-5-3-7-21(19)24)39-31(43)26(38-29(41)22(33)10-11-28(34)40)14-18-16-35-23-8-4-2-6-20(18)23/h2-9,16-17,22,25-27,35-36H,10-15,33H2,1H3,(H2,34,40)(H,37,42)(H,38,41)(H,39,43)(H,44,45). The second kappa shape index (κ2) is 16.0. The molecule has 13 nitrogen and oxygen atoms in total. The van der Waals surface area contributed by atoms with E-state index in [0.29, 0.717) is 5.75 Å². The summed E-state index contributed by atoms with van der Waals surface area (Å²) in [6.07, 6.45) is 5.48. The van der Waals surface area contributed by atoms with E-state index in [2.05, 4.69) is 25.9 Å². The molecule has 0 bridgehead atoms. The summed E-state index contributed by atoms with van der Waals surface area (Å²) in [6.45, 7) is 0. The normalized spacial score (nSPS) is 13.9. The highest BCUT2D eigenvalue weighted by molar-refractivity contribution is 7.98. The number of amides is 4. The molecule has 0 aliphatic carbocycles. The van der Waals surface area contributed by atoms with Crippen LogP contribution in [0.25, 0.3) is 21.8 Å². The molecule has 0 saturated carbocycles. The van der Waals surface area contributed by atoms with E-state index in [1.165, 1.54) is 11.8 Å². The molecule has 4 atom stereocenters. The number of nitrogens with one attached hydrogen (secondary N) is 5. The molecule has 4 amide bonds. The quantitative estimate of drug-likeness (QED) is 0.0830. The first-order valence-electron chi connectivity index (χ1n) is 14.8. The van der Waals surface area contributed by atoms with E-state index in [-0.39, 0.29) is 32.1 Å². The van der Waals surface area contributed by atoms with Gasteiger partial charge in [0.15, 0.2) is 0 Å². The lowest BCUT2D eigenvalue weighted by Crippen LogP contribution is -2.58. The van der Waals surface area contributed by atoms with Crippen LogP contribution in [0.2, 0.25) is 0 Å². The van der Waals surface area contributed by atoms with Gasteiger partial charge in [-0.2, -0.15) is 11.8 Å². The van der Waals surface area contributed by atoms with Crippen LogP contribution in [0.5, 0.6) is 0 Å². The topological polar surface area (TPSA) is 225 Å². The first-order chi connectivity index (χ1) is 22.1. The van der Waals surface area contributed by atoms with Crippen molar-refractivity contribution in [2.24, 2.45) is 11.5 Å². The lowest BCUT2D eigenvalue weighted by Gasteiger charge is -2.25. The molecule has 2 aromatic carbocycles. The van der Waals surface area contributed by atoms with Crippen LogP contribution in [0.3, 0.4) is 0 Å². The summed E-state index contributed by atoms with van der Waals surface area (Å²) in [7, 11) is 0. The van der Waals surface area contributed by atoms with E-state index >= 15 is 0 Å². The summed E-state index contributed by atoms with van der Waals surface area (Å²) in [5, 5.41) is 19.5. The summed E-state index contributed by atoms with van der Waals surface area (Å²) in [6, 6.07) is 10.3. The lowest BCUT2D eigenvalue weighted by molar-refractivity contribution is -0.142. The third-order valence-electron chi connectivity index (χ3n) is 7.73. The first-order valence-corrected chi connectivity index (χ1v) is 16.2. The van der Waals surface area contributed by atoms with Gasteiger partial charge < -0.3 is 42.5 Å². The molecule has 0 fully saturated rings. The van der Waals surface area contributed by atoms with Gasteiger partial charge in [0.1, 0.15) is 18.1 Å². The number of rotatable bonds is 17. The van der Waals surface area contributed by atoms with Gasteiger partial charge in [-0.05, 0) is 48.1 Å². The highest BCUT2D eigenvalue weighted by atomic mass is 32.2. The van der Waals surface area contributed by atoms with Gasteiger partial charge in [-0.15, -0.1) is 0 Å². The van der Waals surface area contributed by atoms with Crippen molar-refractivity contribution in [1.82, 2.24) is 25.9 Å². The molecule has 0 spiro atoms. The number of carbonyl (C=O) groups excluding carboxylic acids is 4. The number of carboxylic acids is 1. The second-order valence-corrected chi connectivity index (χ2v) is 12.0. The Morgan fingerprint density at radius 3 is 1.72 bits per heavy atom. The van der Waals surface area contributed by atoms with Crippen LogP contribution in [0.15, 0.2) is 60.9 Å². The van der Waals surface area contributed by atoms with E-state index in [1.54, 1.807) is 12.4 Å². The van der Waals surface area contributed by atoms with Crippen molar-refractivity contribution in [2.45, 2.75) is 56.3 Å². The number of para-hydroxylation sites is 2. The maximum Gasteiger partial charge on any atom is 0.326 e. The van der Waals surface area contributed by atoms with Crippen molar-refractivity contribution < 1.29 is 29.1 Å². The van der Waals surface area contributed by atoms with Gasteiger partial charge in [-0.1, -0.05) is 36.4 Å². The molecule has 0 saturated heterocycles. The largest absolute Gasteiger partial charge is 0.480 e. The summed E-state index contributed by atoms with van der Waals surface area (Å²) in [5.74, 6) is -3.31. The SMILES string of the molecule is CSCCC(NC(=O)C(Cc1c[nH]c2ccccc12)NC(=O)C(Cc1c[nH]c2ccccc12)NC(=O)C(N)CCC(N)=O)C(=O)O. The van der Waals surface area contributed by atoms with Gasteiger partial charge in [0.2, 0.25) is 23.6 Å². The number of carbonyl (C=O) groups is 5. The molecule has 10 N–H and O–H groups in total. The van der Waals surface area contributed by atoms with Crippen molar-refractivity contribution in [3.63, 3.8) is 0 Å². The first kappa shape index (κ1) is 34.1. The Labute approximate surface area is 269 Å². The highest BCUT2D eigenvalue weighted by Crippen LogP contribution is 2.21. The number of carboxylic acid groups (broad SMARTS) is 1. The number of primary amides is 1. The summed E-state index contributed by atoms with van der Waals surface area (Å²) < 4.78 is 0. The highest BCUT2D eigenvalue weighted by Gasteiger charge is 2.31. The Hall–Kier alpha value is -4.82. The minimum Gasteiger partial charge on any atom is -0.480 e. The number of benzene rings is 2. The number of aliphatic carboxylic acids is 1. The van der Waals surface area contributed by atoms with Crippen molar-refractivity contribution in [3.05, 3.63) is 72.1 Å². The minimum absolute atomic E-state index is 0.0131. The van der Waals surface area contributed by atoms with E-state index < -0.39 is 53.8 Å². The predicted molar refractivity (Wildman–Crippen MR) is 177 cm³/mol.